The Morgan fingerprint density at radius 3 is 1.76 bits per heavy atom. The molecule has 5 N–H and O–H groups in total. The Morgan fingerprint density at radius 2 is 1.31 bits per heavy atom. The number of ether oxygens (including phenoxy) is 3. The first-order chi connectivity index (χ1) is 22.2. The fourth-order valence-electron chi connectivity index (χ4n) is 4.54. The maximum atomic E-state index is 12.7. The molecule has 0 saturated heterocycles. The Kier molecular flexibility index (Phi) is 11.9. The third kappa shape index (κ3) is 8.78. The lowest BCUT2D eigenvalue weighted by Crippen LogP contribution is -2.50. The lowest BCUT2D eigenvalue weighted by molar-refractivity contribution is -0.121. The quantitative estimate of drug-likeness (QED) is 0.236. The molecule has 49 heavy (non-hydrogen) atoms. The number of anilines is 2. The van der Waals surface area contributed by atoms with E-state index >= 15 is 0 Å². The molecule has 0 spiro atoms. The number of amides is 3. The van der Waals surface area contributed by atoms with Gasteiger partial charge in [-0.05, 0) is 57.2 Å². The van der Waals surface area contributed by atoms with Crippen molar-refractivity contribution in [3.8, 4) is 34.4 Å². The van der Waals surface area contributed by atoms with E-state index in [0.717, 1.165) is 0 Å². The van der Waals surface area contributed by atoms with E-state index in [4.69, 9.17) is 28.8 Å². The summed E-state index contributed by atoms with van der Waals surface area (Å²) in [5.41, 5.74) is 7.08. The summed E-state index contributed by atoms with van der Waals surface area (Å²) in [5.74, 6) is -0.718. The number of rotatable bonds is 3. The van der Waals surface area contributed by atoms with Gasteiger partial charge >= 0.3 is 17.6 Å². The van der Waals surface area contributed by atoms with Gasteiger partial charge in [0.25, 0.3) is 5.91 Å². The number of halogens is 2. The molecule has 20 heteroatoms. The van der Waals surface area contributed by atoms with E-state index in [1.54, 1.807) is 71.3 Å². The summed E-state index contributed by atoms with van der Waals surface area (Å²) in [7, 11) is 3.17. The second kappa shape index (κ2) is 15.3. The molecule has 0 saturated carbocycles. The lowest BCUT2D eigenvalue weighted by atomic mass is 10.1. The van der Waals surface area contributed by atoms with Gasteiger partial charge in [0.15, 0.2) is 0 Å². The number of carbonyl (C=O) groups excluding carboxylic acids is 3. The van der Waals surface area contributed by atoms with Crippen LogP contribution in [0.3, 0.4) is 0 Å². The summed E-state index contributed by atoms with van der Waals surface area (Å²) in [6.07, 6.45) is -0.706. The first kappa shape index (κ1) is 38.1. The molecule has 2 aromatic carbocycles. The van der Waals surface area contributed by atoms with Crippen LogP contribution in [0, 0.1) is 0 Å². The first-order valence-corrected chi connectivity index (χ1v) is 14.2. The summed E-state index contributed by atoms with van der Waals surface area (Å²) in [6.45, 7) is 5.26. The summed E-state index contributed by atoms with van der Waals surface area (Å²) in [6, 6.07) is 8.31. The van der Waals surface area contributed by atoms with Crippen molar-refractivity contribution in [3.63, 3.8) is 0 Å². The monoisotopic (exact) mass is 724 g/mol. The van der Waals surface area contributed by atoms with Gasteiger partial charge in [0.1, 0.15) is 42.4 Å². The van der Waals surface area contributed by atoms with E-state index in [2.05, 4.69) is 25.7 Å². The molecule has 2 aliphatic heterocycles. The van der Waals surface area contributed by atoms with Gasteiger partial charge in [0.2, 0.25) is 17.7 Å². The van der Waals surface area contributed by atoms with Crippen molar-refractivity contribution in [2.45, 2.75) is 38.5 Å². The molecule has 3 amide bonds. The van der Waals surface area contributed by atoms with Crippen LogP contribution in [-0.4, -0.2) is 83.3 Å². The predicted octanol–water partition coefficient (Wildman–Crippen LogP) is 1.83. The van der Waals surface area contributed by atoms with E-state index in [0.29, 0.717) is 34.0 Å². The van der Waals surface area contributed by atoms with E-state index in [1.807, 2.05) is 0 Å². The molecule has 0 radical (unpaired) electrons. The third-order valence-corrected chi connectivity index (χ3v) is 6.80. The molecule has 6 rings (SSSR count). The predicted molar refractivity (Wildman–Crippen MR) is 179 cm³/mol. The van der Waals surface area contributed by atoms with Crippen molar-refractivity contribution in [3.05, 3.63) is 57.5 Å². The van der Waals surface area contributed by atoms with E-state index in [1.165, 1.54) is 9.80 Å². The van der Waals surface area contributed by atoms with Gasteiger partial charge in [-0.3, -0.25) is 9.59 Å². The van der Waals surface area contributed by atoms with Gasteiger partial charge in [0.05, 0.1) is 11.4 Å². The lowest BCUT2D eigenvalue weighted by Gasteiger charge is -2.23. The Bertz CT molecular complexity index is 1930. The fourth-order valence-corrected chi connectivity index (χ4v) is 4.54. The van der Waals surface area contributed by atoms with Crippen molar-refractivity contribution in [1.29, 1.82) is 0 Å². The normalized spacial score (nSPS) is 16.9. The first-order valence-electron chi connectivity index (χ1n) is 14.2. The van der Waals surface area contributed by atoms with Gasteiger partial charge in [-0.25, -0.2) is 24.6 Å². The Hall–Kier alpha value is -5.33. The molecule has 264 valence electrons. The molecule has 0 aliphatic carbocycles. The van der Waals surface area contributed by atoms with Crippen molar-refractivity contribution < 1.29 is 37.4 Å². The van der Waals surface area contributed by atoms with Crippen molar-refractivity contribution in [2.24, 2.45) is 5.73 Å². The number of benzene rings is 2. The van der Waals surface area contributed by atoms with Crippen molar-refractivity contribution >= 4 is 54.1 Å². The van der Waals surface area contributed by atoms with Crippen molar-refractivity contribution in [1.82, 2.24) is 25.7 Å². The van der Waals surface area contributed by atoms with Crippen LogP contribution < -0.4 is 41.8 Å². The van der Waals surface area contributed by atoms with Crippen LogP contribution in [-0.2, 0) is 14.3 Å². The smallest absolute Gasteiger partial charge is 0.434 e. The van der Waals surface area contributed by atoms with Crippen LogP contribution in [0.5, 0.6) is 11.5 Å². The average Bonchev–Trinajstić information content (AvgIpc) is 3.62. The molecule has 0 fully saturated rings. The minimum Gasteiger partial charge on any atom is -0.489 e. The number of nitrogens with two attached hydrogens (primary N) is 1. The molecule has 2 aromatic heterocycles. The van der Waals surface area contributed by atoms with E-state index < -0.39 is 35.3 Å². The fraction of sp³-hybridized carbons (Fsp3) is 0.345. The average molecular weight is 726 g/mol. The summed E-state index contributed by atoms with van der Waals surface area (Å²) >= 11 is 0. The number of fused-ring (bicyclic) bond motifs is 2. The highest BCUT2D eigenvalue weighted by atomic mass is 35.5. The molecule has 4 aromatic rings. The topological polar surface area (TPSA) is 241 Å². The van der Waals surface area contributed by atoms with Crippen LogP contribution in [0.1, 0.15) is 20.8 Å². The number of nitrogens with one attached hydrogen (secondary N) is 3. The second-order valence-electron chi connectivity index (χ2n) is 11.4. The number of likely N-dealkylation sites (N-methyl/N-ethyl adjacent to an activating group) is 2. The third-order valence-electron chi connectivity index (χ3n) is 6.80. The van der Waals surface area contributed by atoms with Crippen LogP contribution in [0.25, 0.3) is 22.9 Å². The maximum absolute atomic E-state index is 12.7. The second-order valence-corrected chi connectivity index (χ2v) is 11.4. The zero-order valence-corrected chi connectivity index (χ0v) is 28.4. The zero-order chi connectivity index (χ0) is 34.0. The van der Waals surface area contributed by atoms with Crippen LogP contribution in [0.2, 0.25) is 0 Å². The van der Waals surface area contributed by atoms with Gasteiger partial charge in [-0.2, -0.15) is 0 Å². The van der Waals surface area contributed by atoms with Gasteiger partial charge in [0, 0.05) is 25.2 Å². The van der Waals surface area contributed by atoms with E-state index in [-0.39, 0.29) is 61.6 Å². The Balaban J connectivity index is 0.000000265. The molecular formula is C29H34Cl2N8O10. The molecule has 18 nitrogen and oxygen atoms in total. The number of alkyl carbamates (subject to hydrolysis) is 1. The molecule has 2 aliphatic rings. The SMILES string of the molecule is CN1C(=O)[C@@H](N)COc2ccc(-c3n[nH]c(=O)o3)cc21.CN1C(=O)[C@@H](NC(=O)OC(C)(C)C)COc2ccc(-c3n[nH]c(=O)o3)cc21.Cl.Cl. The maximum Gasteiger partial charge on any atom is 0.434 e. The highest BCUT2D eigenvalue weighted by Crippen LogP contribution is 2.35. The molecule has 0 unspecified atom stereocenters. The number of hydrogen-bond acceptors (Lipinski definition) is 13. The summed E-state index contributed by atoms with van der Waals surface area (Å²) in [4.78, 5) is 61.6. The molecule has 4 heterocycles. The Morgan fingerprint density at radius 1 is 0.837 bits per heavy atom. The van der Waals surface area contributed by atoms with E-state index in [9.17, 15) is 24.0 Å². The van der Waals surface area contributed by atoms with Crippen LogP contribution in [0.15, 0.2) is 54.8 Å². The number of aromatic amines is 2. The number of nitrogens with zero attached hydrogens (tertiary/aromatic N) is 4. The number of hydrogen-bond donors (Lipinski definition) is 4. The largest absolute Gasteiger partial charge is 0.489 e. The molecule has 0 bridgehead atoms. The van der Waals surface area contributed by atoms with Gasteiger partial charge in [-0.15, -0.1) is 35.0 Å². The zero-order valence-electron chi connectivity index (χ0n) is 26.8. The molecular weight excluding hydrogens is 691 g/mol. The minimum absolute atomic E-state index is 0. The molecule has 2 atom stereocenters. The van der Waals surface area contributed by atoms with Gasteiger partial charge in [-0.1, -0.05) is 0 Å². The summed E-state index contributed by atoms with van der Waals surface area (Å²) in [5, 5.41) is 14.4. The van der Waals surface area contributed by atoms with Crippen LogP contribution >= 0.6 is 24.8 Å². The highest BCUT2D eigenvalue weighted by molar-refractivity contribution is 6.01. The van der Waals surface area contributed by atoms with Crippen molar-refractivity contribution in [2.75, 3.05) is 37.1 Å². The number of H-pyrrole nitrogens is 2. The standard InChI is InChI=1S/C17H20N4O6.C12H12N4O4.2ClH/c1-17(2,3)27-15(23)18-10-8-25-12-6-5-9(13-19-20-16(24)26-13)7-11(12)21(4)14(10)22;1-16-8-4-6(10-14-15-12(18)20-10)2-3-9(8)19-5-7(13)11(16)17;;/h5-7,10H,8H2,1-4H3,(H,18,23)(H,20,24);2-4,7H,5,13H2,1H3,(H,15,18);2*1H/t10-;7-;;/m00../s1. The Labute approximate surface area is 290 Å². The van der Waals surface area contributed by atoms with Crippen LogP contribution in [0.4, 0.5) is 16.2 Å². The number of carbonyl (C=O) groups is 3. The van der Waals surface area contributed by atoms with Gasteiger partial charge < -0.3 is 43.9 Å². The summed E-state index contributed by atoms with van der Waals surface area (Å²) < 4.78 is 26.2. The number of aromatic nitrogens is 4. The minimum atomic E-state index is -0.913. The highest BCUT2D eigenvalue weighted by Gasteiger charge is 2.32.